The minimum absolute atomic E-state index is 0.0138. The number of aryl methyl sites for hydroxylation is 2. The Morgan fingerprint density at radius 1 is 1.21 bits per heavy atom. The normalized spacial score (nSPS) is 10.1. The van der Waals surface area contributed by atoms with Gasteiger partial charge in [0.1, 0.15) is 5.82 Å². The third-order valence-electron chi connectivity index (χ3n) is 4.02. The molecule has 3 rings (SSSR count). The zero-order valence-corrected chi connectivity index (χ0v) is 18.2. The Balaban J connectivity index is 0.000000301. The van der Waals surface area contributed by atoms with Crippen molar-refractivity contribution in [1.29, 1.82) is 0 Å². The number of fused-ring (bicyclic) bond motifs is 1. The van der Waals surface area contributed by atoms with Crippen LogP contribution in [0.2, 0.25) is 5.02 Å². The molecule has 4 N–H and O–H groups in total. The van der Waals surface area contributed by atoms with Gasteiger partial charge in [-0.1, -0.05) is 44.5 Å². The molecule has 0 spiro atoms. The summed E-state index contributed by atoms with van der Waals surface area (Å²) in [5.41, 5.74) is 12.5. The van der Waals surface area contributed by atoms with Crippen molar-refractivity contribution < 1.29 is 0 Å². The van der Waals surface area contributed by atoms with Gasteiger partial charge in [0.15, 0.2) is 0 Å². The van der Waals surface area contributed by atoms with Gasteiger partial charge in [0.25, 0.3) is 5.56 Å². The van der Waals surface area contributed by atoms with Gasteiger partial charge in [-0.25, -0.2) is 4.98 Å². The van der Waals surface area contributed by atoms with Crippen molar-refractivity contribution in [2.45, 2.75) is 54.0 Å². The summed E-state index contributed by atoms with van der Waals surface area (Å²) in [6.45, 7) is 11.9. The van der Waals surface area contributed by atoms with Gasteiger partial charge in [-0.05, 0) is 44.7 Å². The molecule has 3 aromatic rings. The van der Waals surface area contributed by atoms with Gasteiger partial charge in [0.2, 0.25) is 5.95 Å². The molecule has 0 unspecified atom stereocenters. The van der Waals surface area contributed by atoms with Crippen LogP contribution < -0.4 is 17.0 Å². The first-order valence-corrected chi connectivity index (χ1v) is 9.81. The maximum atomic E-state index is 12.4. The largest absolute Gasteiger partial charge is 0.383 e. The van der Waals surface area contributed by atoms with Gasteiger partial charge in [0.05, 0.1) is 10.4 Å². The highest BCUT2D eigenvalue weighted by atomic mass is 35.5. The molecular formula is C21H30ClN5O. The zero-order valence-electron chi connectivity index (χ0n) is 17.5. The predicted octanol–water partition coefficient (Wildman–Crippen LogP) is 4.77. The number of anilines is 2. The number of benzene rings is 1. The molecule has 0 fully saturated rings. The average Bonchev–Trinajstić information content (AvgIpc) is 2.66. The van der Waals surface area contributed by atoms with Crippen molar-refractivity contribution in [3.63, 3.8) is 0 Å². The highest BCUT2D eigenvalue weighted by Gasteiger charge is 2.12. The van der Waals surface area contributed by atoms with Crippen molar-refractivity contribution in [3.05, 3.63) is 57.1 Å². The van der Waals surface area contributed by atoms with E-state index in [9.17, 15) is 4.79 Å². The summed E-state index contributed by atoms with van der Waals surface area (Å²) in [7, 11) is 0. The van der Waals surface area contributed by atoms with Crippen LogP contribution >= 0.6 is 11.6 Å². The summed E-state index contributed by atoms with van der Waals surface area (Å²) in [5, 5.41) is 2.08. The van der Waals surface area contributed by atoms with Gasteiger partial charge in [-0.15, -0.1) is 0 Å². The quantitative estimate of drug-likeness (QED) is 0.641. The van der Waals surface area contributed by atoms with Crippen LogP contribution in [0.15, 0.2) is 35.3 Å². The van der Waals surface area contributed by atoms with E-state index in [1.807, 2.05) is 51.3 Å². The number of halogens is 1. The molecule has 0 saturated carbocycles. The standard InChI is InChI=1S/C14H16ClNO.C5H8N4.C2H6/c1-4-11-8-10-6-5-7-12(15)13(10)14(17)16(11)9(2)3;1-3-2-8-5(7)9-4(3)6;1-2/h5-9H,4H2,1-3H3;2H,1H3,(H4,6,7,8,9);1-2H3. The maximum absolute atomic E-state index is 12.4. The van der Waals surface area contributed by atoms with Gasteiger partial charge < -0.3 is 16.0 Å². The molecule has 0 aliphatic rings. The zero-order chi connectivity index (χ0) is 21.4. The highest BCUT2D eigenvalue weighted by molar-refractivity contribution is 6.35. The van der Waals surface area contributed by atoms with Crippen LogP contribution in [0, 0.1) is 6.92 Å². The molecule has 0 atom stereocenters. The lowest BCUT2D eigenvalue weighted by Crippen LogP contribution is -2.25. The molecule has 28 heavy (non-hydrogen) atoms. The number of nitrogen functional groups attached to an aromatic ring is 2. The van der Waals surface area contributed by atoms with Gasteiger partial charge in [-0.2, -0.15) is 4.98 Å². The lowest BCUT2D eigenvalue weighted by molar-refractivity contribution is 0.557. The SMILES string of the molecule is CC.CCc1cc2cccc(Cl)c2c(=O)n1C(C)C.Cc1cnc(N)nc1N. The first kappa shape index (κ1) is 23.4. The van der Waals surface area contributed by atoms with E-state index >= 15 is 0 Å². The Labute approximate surface area is 171 Å². The minimum atomic E-state index is 0.0138. The Morgan fingerprint density at radius 2 is 1.86 bits per heavy atom. The summed E-state index contributed by atoms with van der Waals surface area (Å²) in [4.78, 5) is 19.9. The van der Waals surface area contributed by atoms with Gasteiger partial charge in [0, 0.05) is 23.5 Å². The average molecular weight is 404 g/mol. The minimum Gasteiger partial charge on any atom is -0.383 e. The van der Waals surface area contributed by atoms with Crippen LogP contribution in [-0.2, 0) is 6.42 Å². The fourth-order valence-corrected chi connectivity index (χ4v) is 2.96. The van der Waals surface area contributed by atoms with Crippen molar-refractivity contribution in [3.8, 4) is 0 Å². The fraction of sp³-hybridized carbons (Fsp3) is 0.381. The Morgan fingerprint density at radius 3 is 2.36 bits per heavy atom. The molecule has 0 radical (unpaired) electrons. The van der Waals surface area contributed by atoms with Crippen LogP contribution in [0.4, 0.5) is 11.8 Å². The van der Waals surface area contributed by atoms with Crippen molar-refractivity contribution in [1.82, 2.24) is 14.5 Å². The van der Waals surface area contributed by atoms with E-state index in [4.69, 9.17) is 23.1 Å². The molecule has 6 nitrogen and oxygen atoms in total. The smallest absolute Gasteiger partial charge is 0.260 e. The van der Waals surface area contributed by atoms with E-state index < -0.39 is 0 Å². The predicted molar refractivity (Wildman–Crippen MR) is 120 cm³/mol. The molecule has 1 aromatic carbocycles. The Hall–Kier alpha value is -2.60. The monoisotopic (exact) mass is 403 g/mol. The number of nitrogens with zero attached hydrogens (tertiary/aromatic N) is 3. The van der Waals surface area contributed by atoms with Gasteiger partial charge in [-0.3, -0.25) is 4.79 Å². The van der Waals surface area contributed by atoms with Crippen molar-refractivity contribution in [2.24, 2.45) is 0 Å². The number of aromatic nitrogens is 3. The molecule has 0 aliphatic carbocycles. The molecular weight excluding hydrogens is 374 g/mol. The highest BCUT2D eigenvalue weighted by Crippen LogP contribution is 2.22. The fourth-order valence-electron chi connectivity index (χ4n) is 2.69. The number of rotatable bonds is 2. The van der Waals surface area contributed by atoms with E-state index in [2.05, 4.69) is 23.0 Å². The van der Waals surface area contributed by atoms with E-state index in [0.29, 0.717) is 16.2 Å². The molecule has 152 valence electrons. The number of nitrogens with two attached hydrogens (primary N) is 2. The summed E-state index contributed by atoms with van der Waals surface area (Å²) in [5.74, 6) is 0.667. The molecule has 0 amide bonds. The third kappa shape index (κ3) is 5.45. The molecule has 2 aromatic heterocycles. The lowest BCUT2D eigenvalue weighted by Gasteiger charge is -2.17. The van der Waals surface area contributed by atoms with Crippen LogP contribution in [0.3, 0.4) is 0 Å². The van der Waals surface area contributed by atoms with E-state index in [1.165, 1.54) is 0 Å². The van der Waals surface area contributed by atoms with E-state index in [1.54, 1.807) is 12.3 Å². The van der Waals surface area contributed by atoms with Crippen LogP contribution in [-0.4, -0.2) is 14.5 Å². The van der Waals surface area contributed by atoms with Crippen LogP contribution in [0.25, 0.3) is 10.8 Å². The number of hydrogen-bond donors (Lipinski definition) is 2. The molecule has 0 aliphatic heterocycles. The molecule has 2 heterocycles. The first-order chi connectivity index (χ1) is 13.3. The van der Waals surface area contributed by atoms with Crippen molar-refractivity contribution in [2.75, 3.05) is 11.5 Å². The number of hydrogen-bond acceptors (Lipinski definition) is 5. The van der Waals surface area contributed by atoms with E-state index in [-0.39, 0.29) is 17.5 Å². The third-order valence-corrected chi connectivity index (χ3v) is 4.33. The summed E-state index contributed by atoms with van der Waals surface area (Å²) in [6, 6.07) is 7.79. The van der Waals surface area contributed by atoms with Gasteiger partial charge >= 0.3 is 0 Å². The van der Waals surface area contributed by atoms with Crippen molar-refractivity contribution >= 4 is 34.1 Å². The maximum Gasteiger partial charge on any atom is 0.260 e. The van der Waals surface area contributed by atoms with Crippen LogP contribution in [0.1, 0.15) is 51.9 Å². The van der Waals surface area contributed by atoms with Crippen LogP contribution in [0.5, 0.6) is 0 Å². The topological polar surface area (TPSA) is 99.8 Å². The molecule has 7 heteroatoms. The molecule has 0 saturated heterocycles. The lowest BCUT2D eigenvalue weighted by atomic mass is 10.1. The first-order valence-electron chi connectivity index (χ1n) is 9.43. The second-order valence-electron chi connectivity index (χ2n) is 6.26. The second kappa shape index (κ2) is 10.7. The summed E-state index contributed by atoms with van der Waals surface area (Å²) < 4.78 is 1.83. The summed E-state index contributed by atoms with van der Waals surface area (Å²) >= 11 is 6.12. The number of pyridine rings is 1. The Bertz CT molecular complexity index is 982. The van der Waals surface area contributed by atoms with E-state index in [0.717, 1.165) is 23.1 Å². The second-order valence-corrected chi connectivity index (χ2v) is 6.67. The molecule has 0 bridgehead atoms. The Kier molecular flexibility index (Phi) is 8.92. The summed E-state index contributed by atoms with van der Waals surface area (Å²) in [6.07, 6.45) is 2.44.